The van der Waals surface area contributed by atoms with E-state index in [4.69, 9.17) is 4.74 Å². The normalized spacial score (nSPS) is 12.2. The second-order valence-electron chi connectivity index (χ2n) is 5.34. The number of halogens is 3. The minimum atomic E-state index is -0.582. The third-order valence-electron chi connectivity index (χ3n) is 3.58. The minimum absolute atomic E-state index is 0.250. The molecule has 128 valence electrons. The van der Waals surface area contributed by atoms with Crippen LogP contribution in [0, 0.1) is 11.6 Å². The molecule has 0 amide bonds. The first-order valence-corrected chi connectivity index (χ1v) is 8.34. The zero-order valence-electron chi connectivity index (χ0n) is 13.2. The predicted molar refractivity (Wildman–Crippen MR) is 91.6 cm³/mol. The summed E-state index contributed by atoms with van der Waals surface area (Å²) in [5, 5.41) is 0. The van der Waals surface area contributed by atoms with Gasteiger partial charge >= 0.3 is 5.97 Å². The van der Waals surface area contributed by atoms with Crippen LogP contribution in [0.25, 0.3) is 0 Å². The third kappa shape index (κ3) is 5.11. The van der Waals surface area contributed by atoms with Crippen molar-refractivity contribution >= 4 is 21.9 Å². The fraction of sp³-hybridized carbons (Fsp3) is 0.278. The molecular formula is C18H18BrF2NO2. The molecule has 24 heavy (non-hydrogen) atoms. The Hall–Kier alpha value is -1.79. The lowest BCUT2D eigenvalue weighted by Crippen LogP contribution is -2.34. The van der Waals surface area contributed by atoms with E-state index in [1.807, 2.05) is 0 Å². The lowest BCUT2D eigenvalue weighted by Gasteiger charge is -2.24. The van der Waals surface area contributed by atoms with Crippen LogP contribution < -0.4 is 0 Å². The lowest BCUT2D eigenvalue weighted by atomic mass is 10.1. The lowest BCUT2D eigenvalue weighted by molar-refractivity contribution is -0.140. The maximum atomic E-state index is 13.9. The Balaban J connectivity index is 2.19. The van der Waals surface area contributed by atoms with Gasteiger partial charge in [0.15, 0.2) is 0 Å². The number of ether oxygens (including phenoxy) is 1. The van der Waals surface area contributed by atoms with E-state index in [1.165, 1.54) is 19.2 Å². The van der Waals surface area contributed by atoms with Gasteiger partial charge in [-0.2, -0.15) is 0 Å². The summed E-state index contributed by atoms with van der Waals surface area (Å²) in [6.45, 7) is 0.759. The quantitative estimate of drug-likeness (QED) is 0.524. The summed E-state index contributed by atoms with van der Waals surface area (Å²) in [5.41, 5.74) is 0.969. The fourth-order valence-electron chi connectivity index (χ4n) is 2.35. The number of rotatable bonds is 7. The van der Waals surface area contributed by atoms with E-state index in [9.17, 15) is 13.6 Å². The van der Waals surface area contributed by atoms with Gasteiger partial charge in [-0.05, 0) is 12.1 Å². The molecular weight excluding hydrogens is 380 g/mol. The van der Waals surface area contributed by atoms with Crippen molar-refractivity contribution in [1.82, 2.24) is 4.90 Å². The first-order chi connectivity index (χ1) is 11.5. The summed E-state index contributed by atoms with van der Waals surface area (Å²) in [5.74, 6) is -1.09. The van der Waals surface area contributed by atoms with Crippen LogP contribution in [0.5, 0.6) is 0 Å². The summed E-state index contributed by atoms with van der Waals surface area (Å²) in [6.07, 6.45) is 0. The van der Waals surface area contributed by atoms with Crippen LogP contribution in [0.1, 0.15) is 11.1 Å². The van der Waals surface area contributed by atoms with Crippen molar-refractivity contribution < 1.29 is 18.3 Å². The molecule has 0 spiro atoms. The van der Waals surface area contributed by atoms with Crippen molar-refractivity contribution in [1.29, 1.82) is 0 Å². The van der Waals surface area contributed by atoms with E-state index >= 15 is 0 Å². The summed E-state index contributed by atoms with van der Waals surface area (Å²) in [7, 11) is 1.30. The van der Waals surface area contributed by atoms with Gasteiger partial charge in [-0.25, -0.2) is 8.78 Å². The van der Waals surface area contributed by atoms with Crippen molar-refractivity contribution in [3.63, 3.8) is 0 Å². The van der Waals surface area contributed by atoms with Gasteiger partial charge < -0.3 is 4.74 Å². The second kappa shape index (κ2) is 8.89. The molecule has 0 fully saturated rings. The van der Waals surface area contributed by atoms with Crippen LogP contribution in [0.3, 0.4) is 0 Å². The molecule has 2 rings (SSSR count). The van der Waals surface area contributed by atoms with Crippen LogP contribution in [0.2, 0.25) is 0 Å². The second-order valence-corrected chi connectivity index (χ2v) is 6.45. The zero-order valence-corrected chi connectivity index (χ0v) is 14.8. The molecule has 3 nitrogen and oxygen atoms in total. The molecule has 0 bridgehead atoms. The Morgan fingerprint density at radius 2 is 1.50 bits per heavy atom. The highest BCUT2D eigenvalue weighted by molar-refractivity contribution is 9.10. The molecule has 0 saturated heterocycles. The molecule has 0 heterocycles. The number of esters is 1. The van der Waals surface area contributed by atoms with E-state index in [2.05, 4.69) is 15.9 Å². The summed E-state index contributed by atoms with van der Waals surface area (Å²) < 4.78 is 32.6. The van der Waals surface area contributed by atoms with Gasteiger partial charge in [0.2, 0.25) is 0 Å². The maximum absolute atomic E-state index is 13.9. The van der Waals surface area contributed by atoms with E-state index in [-0.39, 0.29) is 31.3 Å². The van der Waals surface area contributed by atoms with Crippen LogP contribution in [0.4, 0.5) is 8.78 Å². The minimum Gasteiger partial charge on any atom is -0.468 e. The number of methoxy groups -OCH3 is 1. The summed E-state index contributed by atoms with van der Waals surface area (Å²) >= 11 is 3.26. The molecule has 0 aromatic heterocycles. The molecule has 2 aromatic rings. The van der Waals surface area contributed by atoms with Crippen LogP contribution >= 0.6 is 15.9 Å². The highest BCUT2D eigenvalue weighted by Gasteiger charge is 2.21. The van der Waals surface area contributed by atoms with E-state index in [1.54, 1.807) is 41.3 Å². The molecule has 0 aliphatic carbocycles. The first-order valence-electron chi connectivity index (χ1n) is 7.42. The Labute approximate surface area is 148 Å². The van der Waals surface area contributed by atoms with Gasteiger partial charge in [0.1, 0.15) is 16.5 Å². The molecule has 0 N–H and O–H groups in total. The largest absolute Gasteiger partial charge is 0.468 e. The number of nitrogens with zero attached hydrogens (tertiary/aromatic N) is 1. The number of hydrogen-bond acceptors (Lipinski definition) is 3. The third-order valence-corrected chi connectivity index (χ3v) is 4.24. The van der Waals surface area contributed by atoms with Gasteiger partial charge in [0, 0.05) is 30.8 Å². The Bertz CT molecular complexity index is 649. The molecule has 0 aliphatic rings. The SMILES string of the molecule is COC(=O)C(Br)CN(Cc1ccccc1F)Cc1ccccc1F. The molecule has 1 atom stereocenters. The Kier molecular flexibility index (Phi) is 6.87. The number of carbonyl (C=O) groups is 1. The Morgan fingerprint density at radius 1 is 1.04 bits per heavy atom. The van der Waals surface area contributed by atoms with Gasteiger partial charge in [0.25, 0.3) is 0 Å². The first kappa shape index (κ1) is 18.5. The van der Waals surface area contributed by atoms with E-state index in [0.29, 0.717) is 11.1 Å². The highest BCUT2D eigenvalue weighted by atomic mass is 79.9. The summed E-state index contributed by atoms with van der Waals surface area (Å²) in [6, 6.07) is 12.8. The topological polar surface area (TPSA) is 29.5 Å². The van der Waals surface area contributed by atoms with Gasteiger partial charge in [-0.1, -0.05) is 52.3 Å². The van der Waals surface area contributed by atoms with Crippen molar-refractivity contribution in [3.05, 3.63) is 71.3 Å². The van der Waals surface area contributed by atoms with Gasteiger partial charge in [0.05, 0.1) is 7.11 Å². The average Bonchev–Trinajstić information content (AvgIpc) is 2.58. The smallest absolute Gasteiger partial charge is 0.320 e. The van der Waals surface area contributed by atoms with Crippen molar-refractivity contribution in [2.24, 2.45) is 0 Å². The maximum Gasteiger partial charge on any atom is 0.320 e. The molecule has 0 saturated carbocycles. The number of hydrogen-bond donors (Lipinski definition) is 0. The molecule has 0 radical (unpaired) electrons. The fourth-order valence-corrected chi connectivity index (χ4v) is 2.95. The highest BCUT2D eigenvalue weighted by Crippen LogP contribution is 2.17. The Morgan fingerprint density at radius 3 is 1.92 bits per heavy atom. The monoisotopic (exact) mass is 397 g/mol. The summed E-state index contributed by atoms with van der Waals surface area (Å²) in [4.78, 5) is 12.9. The van der Waals surface area contributed by atoms with Crippen molar-refractivity contribution in [2.45, 2.75) is 17.9 Å². The average molecular weight is 398 g/mol. The number of benzene rings is 2. The zero-order chi connectivity index (χ0) is 17.5. The number of carbonyl (C=O) groups excluding carboxylic acids is 1. The van der Waals surface area contributed by atoms with Crippen LogP contribution in [0.15, 0.2) is 48.5 Å². The molecule has 1 unspecified atom stereocenters. The standard InChI is InChI=1S/C18H18BrF2NO2/c1-24-18(23)15(19)12-22(10-13-6-2-4-8-16(13)20)11-14-7-3-5-9-17(14)21/h2-9,15H,10-12H2,1H3. The van der Waals surface area contributed by atoms with Crippen LogP contribution in [-0.4, -0.2) is 29.4 Å². The molecule has 0 aliphatic heterocycles. The van der Waals surface area contributed by atoms with Gasteiger partial charge in [-0.15, -0.1) is 0 Å². The number of alkyl halides is 1. The molecule has 6 heteroatoms. The van der Waals surface area contributed by atoms with Crippen molar-refractivity contribution in [2.75, 3.05) is 13.7 Å². The van der Waals surface area contributed by atoms with Crippen molar-refractivity contribution in [3.8, 4) is 0 Å². The van der Waals surface area contributed by atoms with Gasteiger partial charge in [-0.3, -0.25) is 9.69 Å². The molecule has 2 aromatic carbocycles. The van der Waals surface area contributed by atoms with E-state index < -0.39 is 10.8 Å². The van der Waals surface area contributed by atoms with E-state index in [0.717, 1.165) is 0 Å². The van der Waals surface area contributed by atoms with Crippen LogP contribution in [-0.2, 0) is 22.6 Å². The predicted octanol–water partition coefficient (Wildman–Crippen LogP) is 3.90.